The molecule has 0 aliphatic carbocycles. The lowest BCUT2D eigenvalue weighted by Gasteiger charge is -2.03. The fourth-order valence-electron chi connectivity index (χ4n) is 2.20. The highest BCUT2D eigenvalue weighted by molar-refractivity contribution is 7.45. The number of imidazole rings is 1. The third kappa shape index (κ3) is 19.3. The van der Waals surface area contributed by atoms with Gasteiger partial charge in [0.25, 0.3) is 0 Å². The van der Waals surface area contributed by atoms with Crippen LogP contribution >= 0.6 is 7.82 Å². The van der Waals surface area contributed by atoms with Gasteiger partial charge in [-0.15, -0.1) is 0 Å². The van der Waals surface area contributed by atoms with Gasteiger partial charge in [0.15, 0.2) is 0 Å². The summed E-state index contributed by atoms with van der Waals surface area (Å²) in [5.41, 5.74) is 0. The van der Waals surface area contributed by atoms with Crippen molar-refractivity contribution in [1.29, 1.82) is 0 Å². The van der Waals surface area contributed by atoms with Crippen molar-refractivity contribution < 1.29 is 19.2 Å². The predicted octanol–water partition coefficient (Wildman–Crippen LogP) is 3.88. The predicted molar refractivity (Wildman–Crippen MR) is 88.3 cm³/mol. The number of phosphoric acid groups is 1. The molecule has 3 N–H and O–H groups in total. The van der Waals surface area contributed by atoms with E-state index in [0.717, 1.165) is 6.54 Å². The van der Waals surface area contributed by atoms with Crippen molar-refractivity contribution >= 4 is 7.82 Å². The summed E-state index contributed by atoms with van der Waals surface area (Å²) in [5, 5.41) is 0. The van der Waals surface area contributed by atoms with Crippen LogP contribution in [0.4, 0.5) is 0 Å². The smallest absolute Gasteiger partial charge is 0.337 e. The van der Waals surface area contributed by atoms with E-state index >= 15 is 0 Å². The van der Waals surface area contributed by atoms with Crippen LogP contribution in [-0.2, 0) is 11.1 Å². The van der Waals surface area contributed by atoms with Gasteiger partial charge in [0.2, 0.25) is 0 Å². The van der Waals surface area contributed by atoms with Gasteiger partial charge in [-0.3, -0.25) is 0 Å². The Kier molecular flexibility index (Phi) is 13.5. The van der Waals surface area contributed by atoms with Crippen molar-refractivity contribution in [3.8, 4) is 0 Å². The maximum absolute atomic E-state index is 8.88. The fourth-order valence-corrected chi connectivity index (χ4v) is 2.20. The normalized spacial score (nSPS) is 11.1. The van der Waals surface area contributed by atoms with E-state index in [9.17, 15) is 0 Å². The zero-order chi connectivity index (χ0) is 16.7. The number of aromatic nitrogens is 2. The zero-order valence-electron chi connectivity index (χ0n) is 13.6. The molecule has 0 aliphatic rings. The van der Waals surface area contributed by atoms with Gasteiger partial charge in [-0.1, -0.05) is 64.7 Å². The number of hydrogen-bond acceptors (Lipinski definition) is 2. The van der Waals surface area contributed by atoms with Crippen LogP contribution in [0, 0.1) is 0 Å². The van der Waals surface area contributed by atoms with Crippen molar-refractivity contribution in [1.82, 2.24) is 9.55 Å². The molecule has 1 heterocycles. The third-order valence-electron chi connectivity index (χ3n) is 3.33. The molecule has 0 atom stereocenters. The van der Waals surface area contributed by atoms with E-state index < -0.39 is 7.82 Å². The number of rotatable bonds is 11. The van der Waals surface area contributed by atoms with Gasteiger partial charge in [-0.05, 0) is 6.42 Å². The van der Waals surface area contributed by atoms with Crippen LogP contribution in [0.3, 0.4) is 0 Å². The Morgan fingerprint density at radius 3 is 1.77 bits per heavy atom. The molecule has 0 unspecified atom stereocenters. The van der Waals surface area contributed by atoms with Gasteiger partial charge in [-0.2, -0.15) is 0 Å². The molecule has 130 valence electrons. The first-order valence-electron chi connectivity index (χ1n) is 8.17. The van der Waals surface area contributed by atoms with E-state index in [1.165, 1.54) is 64.2 Å². The molecule has 1 rings (SSSR count). The number of nitrogens with zero attached hydrogens (tertiary/aromatic N) is 2. The molecule has 0 radical (unpaired) electrons. The first kappa shape index (κ1) is 21.3. The number of aryl methyl sites for hydroxylation is 1. The van der Waals surface area contributed by atoms with E-state index in [2.05, 4.69) is 16.5 Å². The highest BCUT2D eigenvalue weighted by Gasteiger charge is 2.00. The summed E-state index contributed by atoms with van der Waals surface area (Å²) in [5.74, 6) is 0. The van der Waals surface area contributed by atoms with Crippen molar-refractivity contribution in [2.24, 2.45) is 0 Å². The lowest BCUT2D eigenvalue weighted by atomic mass is 10.1. The molecule has 0 fully saturated rings. The first-order chi connectivity index (χ1) is 10.4. The molecule has 22 heavy (non-hydrogen) atoms. The quantitative estimate of drug-likeness (QED) is 0.422. The Bertz CT molecular complexity index is 371. The van der Waals surface area contributed by atoms with Gasteiger partial charge in [0, 0.05) is 18.9 Å². The molecular weight excluding hydrogens is 303 g/mol. The minimum atomic E-state index is -4.64. The summed E-state index contributed by atoms with van der Waals surface area (Å²) in [6.07, 6.45) is 19.9. The Morgan fingerprint density at radius 2 is 1.36 bits per heavy atom. The second kappa shape index (κ2) is 13.9. The van der Waals surface area contributed by atoms with Gasteiger partial charge in [0.1, 0.15) is 0 Å². The topological polar surface area (TPSA) is 95.6 Å². The van der Waals surface area contributed by atoms with Gasteiger partial charge in [-0.25, -0.2) is 9.55 Å². The Morgan fingerprint density at radius 1 is 0.909 bits per heavy atom. The number of unbranched alkanes of at least 4 members (excludes halogenated alkanes) is 9. The molecule has 0 bridgehead atoms. The van der Waals surface area contributed by atoms with E-state index in [-0.39, 0.29) is 0 Å². The SMILES string of the molecule is CCCCCCCCCCCCn1ccnc1.O=P(O)(O)O. The average Bonchev–Trinajstić information content (AvgIpc) is 2.92. The summed E-state index contributed by atoms with van der Waals surface area (Å²) < 4.78 is 11.1. The monoisotopic (exact) mass is 334 g/mol. The van der Waals surface area contributed by atoms with E-state index in [0.29, 0.717) is 0 Å². The largest absolute Gasteiger partial charge is 0.466 e. The average molecular weight is 334 g/mol. The molecule has 1 aromatic rings. The van der Waals surface area contributed by atoms with Crippen LogP contribution < -0.4 is 0 Å². The minimum Gasteiger partial charge on any atom is -0.337 e. The molecule has 1 aromatic heterocycles. The van der Waals surface area contributed by atoms with Gasteiger partial charge < -0.3 is 19.2 Å². The van der Waals surface area contributed by atoms with Crippen LogP contribution in [0.5, 0.6) is 0 Å². The summed E-state index contributed by atoms with van der Waals surface area (Å²) in [7, 11) is -4.64. The second-order valence-corrected chi connectivity index (χ2v) is 6.52. The third-order valence-corrected chi connectivity index (χ3v) is 3.33. The molecular formula is C15H31N2O4P. The molecule has 0 spiro atoms. The molecule has 0 amide bonds. The summed E-state index contributed by atoms with van der Waals surface area (Å²) in [6.45, 7) is 3.41. The lowest BCUT2D eigenvalue weighted by molar-refractivity contribution is 0.275. The Labute approximate surface area is 133 Å². The van der Waals surface area contributed by atoms with Crippen LogP contribution in [0.15, 0.2) is 18.7 Å². The van der Waals surface area contributed by atoms with Crippen LogP contribution in [0.1, 0.15) is 71.1 Å². The van der Waals surface area contributed by atoms with Crippen LogP contribution in [0.2, 0.25) is 0 Å². The van der Waals surface area contributed by atoms with Crippen molar-refractivity contribution in [2.45, 2.75) is 77.7 Å². The van der Waals surface area contributed by atoms with Gasteiger partial charge >= 0.3 is 7.82 Å². The summed E-state index contributed by atoms with van der Waals surface area (Å²) >= 11 is 0. The second-order valence-electron chi connectivity index (χ2n) is 5.50. The Hall–Kier alpha value is -0.680. The zero-order valence-corrected chi connectivity index (χ0v) is 14.5. The highest BCUT2D eigenvalue weighted by atomic mass is 31.2. The van der Waals surface area contributed by atoms with E-state index in [1.807, 2.05) is 18.7 Å². The molecule has 0 saturated heterocycles. The highest BCUT2D eigenvalue weighted by Crippen LogP contribution is 2.25. The molecule has 6 nitrogen and oxygen atoms in total. The molecule has 7 heteroatoms. The van der Waals surface area contributed by atoms with Crippen LogP contribution in [0.25, 0.3) is 0 Å². The maximum atomic E-state index is 8.88. The van der Waals surface area contributed by atoms with Crippen molar-refractivity contribution in [2.75, 3.05) is 0 Å². The van der Waals surface area contributed by atoms with E-state index in [4.69, 9.17) is 19.2 Å². The first-order valence-corrected chi connectivity index (χ1v) is 9.74. The Balaban J connectivity index is 0.000000763. The van der Waals surface area contributed by atoms with Gasteiger partial charge in [0.05, 0.1) is 6.33 Å². The molecule has 0 aliphatic heterocycles. The molecule has 0 aromatic carbocycles. The maximum Gasteiger partial charge on any atom is 0.466 e. The van der Waals surface area contributed by atoms with Crippen molar-refractivity contribution in [3.63, 3.8) is 0 Å². The summed E-state index contributed by atoms with van der Waals surface area (Å²) in [6, 6.07) is 0. The summed E-state index contributed by atoms with van der Waals surface area (Å²) in [4.78, 5) is 25.6. The van der Waals surface area contributed by atoms with E-state index in [1.54, 1.807) is 0 Å². The molecule has 0 saturated carbocycles. The van der Waals surface area contributed by atoms with Crippen molar-refractivity contribution in [3.05, 3.63) is 18.7 Å². The standard InChI is InChI=1S/C15H28N2.H3O4P/c1-2-3-4-5-6-7-8-9-10-11-13-17-14-12-16-15-17;1-5(2,3)4/h12,14-15H,2-11,13H2,1H3;(H3,1,2,3,4). The lowest BCUT2D eigenvalue weighted by Crippen LogP contribution is -1.93. The minimum absolute atomic E-state index is 1.14. The number of hydrogen-bond donors (Lipinski definition) is 3. The van der Waals surface area contributed by atoms with Crippen LogP contribution in [-0.4, -0.2) is 24.2 Å². The fraction of sp³-hybridized carbons (Fsp3) is 0.800.